The highest BCUT2D eigenvalue weighted by molar-refractivity contribution is 5.75. The Morgan fingerprint density at radius 3 is 2.80 bits per heavy atom. The van der Waals surface area contributed by atoms with E-state index in [1.54, 1.807) is 0 Å². The fourth-order valence-electron chi connectivity index (χ4n) is 2.79. The van der Waals surface area contributed by atoms with Gasteiger partial charge in [-0.25, -0.2) is 0 Å². The third-order valence-corrected chi connectivity index (χ3v) is 4.03. The van der Waals surface area contributed by atoms with Crippen LogP contribution in [0.5, 0.6) is 0 Å². The Kier molecular flexibility index (Phi) is 6.06. The SMILES string of the molecule is CN(CC1CCCCN1)C(=O)CCCc1ccccc1. The van der Waals surface area contributed by atoms with E-state index in [1.165, 1.54) is 24.8 Å². The second-order valence-corrected chi connectivity index (χ2v) is 5.76. The lowest BCUT2D eigenvalue weighted by atomic mass is 10.0. The number of aryl methyl sites for hydroxylation is 1. The molecule has 1 fully saturated rings. The van der Waals surface area contributed by atoms with Gasteiger partial charge in [-0.1, -0.05) is 36.8 Å². The Bertz CT molecular complexity index is 399. The summed E-state index contributed by atoms with van der Waals surface area (Å²) < 4.78 is 0. The Hall–Kier alpha value is -1.35. The molecule has 1 aliphatic heterocycles. The van der Waals surface area contributed by atoms with E-state index in [-0.39, 0.29) is 5.91 Å². The Morgan fingerprint density at radius 1 is 1.30 bits per heavy atom. The Labute approximate surface area is 122 Å². The highest BCUT2D eigenvalue weighted by Crippen LogP contribution is 2.10. The zero-order valence-electron chi connectivity index (χ0n) is 12.5. The topological polar surface area (TPSA) is 32.3 Å². The molecule has 0 aromatic heterocycles. The summed E-state index contributed by atoms with van der Waals surface area (Å²) in [5.41, 5.74) is 1.32. The molecule has 1 aliphatic rings. The second-order valence-electron chi connectivity index (χ2n) is 5.76. The minimum atomic E-state index is 0.272. The molecule has 0 spiro atoms. The van der Waals surface area contributed by atoms with Crippen molar-refractivity contribution in [3.8, 4) is 0 Å². The van der Waals surface area contributed by atoms with Crippen LogP contribution in [0.4, 0.5) is 0 Å². The summed E-state index contributed by atoms with van der Waals surface area (Å²) in [6, 6.07) is 10.9. The average Bonchev–Trinajstić information content (AvgIpc) is 2.49. The average molecular weight is 274 g/mol. The maximum atomic E-state index is 12.1. The predicted octanol–water partition coefficient (Wildman–Crippen LogP) is 2.61. The van der Waals surface area contributed by atoms with E-state index >= 15 is 0 Å². The van der Waals surface area contributed by atoms with Crippen molar-refractivity contribution >= 4 is 5.91 Å². The molecule has 0 aliphatic carbocycles. The second kappa shape index (κ2) is 8.05. The molecule has 1 aromatic rings. The lowest BCUT2D eigenvalue weighted by Gasteiger charge is -2.28. The fraction of sp³-hybridized carbons (Fsp3) is 0.588. The number of nitrogens with zero attached hydrogens (tertiary/aromatic N) is 1. The number of carbonyl (C=O) groups is 1. The van der Waals surface area contributed by atoms with Crippen LogP contribution in [0.2, 0.25) is 0 Å². The van der Waals surface area contributed by atoms with Gasteiger partial charge in [-0.15, -0.1) is 0 Å². The summed E-state index contributed by atoms with van der Waals surface area (Å²) in [5, 5.41) is 3.49. The third-order valence-electron chi connectivity index (χ3n) is 4.03. The smallest absolute Gasteiger partial charge is 0.222 e. The van der Waals surface area contributed by atoms with Crippen molar-refractivity contribution in [2.45, 2.75) is 44.6 Å². The molecule has 1 heterocycles. The van der Waals surface area contributed by atoms with Gasteiger partial charge in [-0.2, -0.15) is 0 Å². The van der Waals surface area contributed by atoms with Gasteiger partial charge in [0.1, 0.15) is 0 Å². The van der Waals surface area contributed by atoms with Gasteiger partial charge >= 0.3 is 0 Å². The molecular weight excluding hydrogens is 248 g/mol. The van der Waals surface area contributed by atoms with Gasteiger partial charge in [0.25, 0.3) is 0 Å². The molecule has 3 nitrogen and oxygen atoms in total. The summed E-state index contributed by atoms with van der Waals surface area (Å²) in [4.78, 5) is 14.0. The van der Waals surface area contributed by atoms with Crippen LogP contribution >= 0.6 is 0 Å². The molecule has 20 heavy (non-hydrogen) atoms. The summed E-state index contributed by atoms with van der Waals surface area (Å²) in [7, 11) is 1.93. The standard InChI is InChI=1S/C17H26N2O/c1-19(14-16-11-5-6-13-18-16)17(20)12-7-10-15-8-3-2-4-9-15/h2-4,8-9,16,18H,5-7,10-14H2,1H3. The first-order valence-electron chi connectivity index (χ1n) is 7.77. The first kappa shape index (κ1) is 15.0. The van der Waals surface area contributed by atoms with E-state index in [2.05, 4.69) is 29.6 Å². The van der Waals surface area contributed by atoms with Crippen LogP contribution in [-0.2, 0) is 11.2 Å². The van der Waals surface area contributed by atoms with E-state index in [0.717, 1.165) is 25.9 Å². The van der Waals surface area contributed by atoms with Crippen LogP contribution in [0.15, 0.2) is 30.3 Å². The molecule has 2 rings (SSSR count). The van der Waals surface area contributed by atoms with Crippen LogP contribution < -0.4 is 5.32 Å². The fourth-order valence-corrected chi connectivity index (χ4v) is 2.79. The van der Waals surface area contributed by atoms with Gasteiger partial charge in [0.2, 0.25) is 5.91 Å². The lowest BCUT2D eigenvalue weighted by Crippen LogP contribution is -2.44. The molecule has 1 atom stereocenters. The molecule has 1 aromatic carbocycles. The van der Waals surface area contributed by atoms with Gasteiger partial charge < -0.3 is 10.2 Å². The number of likely N-dealkylation sites (N-methyl/N-ethyl adjacent to an activating group) is 1. The van der Waals surface area contributed by atoms with E-state index in [1.807, 2.05) is 18.0 Å². The molecule has 0 saturated carbocycles. The van der Waals surface area contributed by atoms with E-state index in [4.69, 9.17) is 0 Å². The number of piperidine rings is 1. The molecule has 1 amide bonds. The van der Waals surface area contributed by atoms with Crippen molar-refractivity contribution in [2.24, 2.45) is 0 Å². The minimum Gasteiger partial charge on any atom is -0.344 e. The van der Waals surface area contributed by atoms with Crippen molar-refractivity contribution in [1.82, 2.24) is 10.2 Å². The van der Waals surface area contributed by atoms with Gasteiger partial charge in [0.15, 0.2) is 0 Å². The molecule has 3 heteroatoms. The van der Waals surface area contributed by atoms with Crippen LogP contribution in [0.25, 0.3) is 0 Å². The Balaban J connectivity index is 1.65. The van der Waals surface area contributed by atoms with Gasteiger partial charge in [-0.05, 0) is 37.8 Å². The van der Waals surface area contributed by atoms with E-state index < -0.39 is 0 Å². The summed E-state index contributed by atoms with van der Waals surface area (Å²) in [6.45, 7) is 1.95. The normalized spacial score (nSPS) is 18.8. The first-order chi connectivity index (χ1) is 9.75. The maximum Gasteiger partial charge on any atom is 0.222 e. The van der Waals surface area contributed by atoms with Crippen molar-refractivity contribution < 1.29 is 4.79 Å². The summed E-state index contributed by atoms with van der Waals surface area (Å²) >= 11 is 0. The maximum absolute atomic E-state index is 12.1. The molecule has 1 unspecified atom stereocenters. The minimum absolute atomic E-state index is 0.272. The van der Waals surface area contributed by atoms with Crippen molar-refractivity contribution in [1.29, 1.82) is 0 Å². The summed E-state index contributed by atoms with van der Waals surface area (Å²) in [6.07, 6.45) is 6.33. The highest BCUT2D eigenvalue weighted by atomic mass is 16.2. The molecule has 1 N–H and O–H groups in total. The van der Waals surface area contributed by atoms with Crippen LogP contribution in [0, 0.1) is 0 Å². The van der Waals surface area contributed by atoms with E-state index in [9.17, 15) is 4.79 Å². The highest BCUT2D eigenvalue weighted by Gasteiger charge is 2.17. The first-order valence-corrected chi connectivity index (χ1v) is 7.77. The number of hydrogen-bond donors (Lipinski definition) is 1. The van der Waals surface area contributed by atoms with Gasteiger partial charge in [0.05, 0.1) is 0 Å². The Morgan fingerprint density at radius 2 is 2.10 bits per heavy atom. The molecular formula is C17H26N2O. The number of rotatable bonds is 6. The number of hydrogen-bond acceptors (Lipinski definition) is 2. The van der Waals surface area contributed by atoms with Crippen LogP contribution in [0.3, 0.4) is 0 Å². The molecule has 0 radical (unpaired) electrons. The number of carbonyl (C=O) groups excluding carboxylic acids is 1. The van der Waals surface area contributed by atoms with Crippen LogP contribution in [-0.4, -0.2) is 37.0 Å². The van der Waals surface area contributed by atoms with Crippen LogP contribution in [0.1, 0.15) is 37.7 Å². The number of benzene rings is 1. The molecule has 1 saturated heterocycles. The number of amides is 1. The molecule has 0 bridgehead atoms. The zero-order valence-corrected chi connectivity index (χ0v) is 12.5. The van der Waals surface area contributed by atoms with Crippen molar-refractivity contribution in [3.05, 3.63) is 35.9 Å². The summed E-state index contributed by atoms with van der Waals surface area (Å²) in [5.74, 6) is 0.272. The number of nitrogens with one attached hydrogen (secondary N) is 1. The van der Waals surface area contributed by atoms with Crippen molar-refractivity contribution in [2.75, 3.05) is 20.1 Å². The molecule has 110 valence electrons. The largest absolute Gasteiger partial charge is 0.344 e. The van der Waals surface area contributed by atoms with Gasteiger partial charge in [0, 0.05) is 26.1 Å². The third kappa shape index (κ3) is 4.97. The van der Waals surface area contributed by atoms with Crippen molar-refractivity contribution in [3.63, 3.8) is 0 Å². The predicted molar refractivity (Wildman–Crippen MR) is 82.7 cm³/mol. The lowest BCUT2D eigenvalue weighted by molar-refractivity contribution is -0.130. The zero-order chi connectivity index (χ0) is 14.2. The monoisotopic (exact) mass is 274 g/mol. The van der Waals surface area contributed by atoms with Gasteiger partial charge in [-0.3, -0.25) is 4.79 Å². The van der Waals surface area contributed by atoms with E-state index in [0.29, 0.717) is 12.5 Å². The quantitative estimate of drug-likeness (QED) is 0.865.